The van der Waals surface area contributed by atoms with E-state index in [1.54, 1.807) is 0 Å². The maximum absolute atomic E-state index is 12.0. The lowest BCUT2D eigenvalue weighted by molar-refractivity contribution is 0.0508. The quantitative estimate of drug-likeness (QED) is 0.768. The summed E-state index contributed by atoms with van der Waals surface area (Å²) >= 11 is 0. The standard InChI is InChI=1S/C21H38N2O2/c1-14(18-12-15-9-10-16(18)11-15)23-19-8-6-5-7-17(19)13-22-20(24)25-21(2,3)4/h14-19,23H,5-13H2,1-4H3,(H,22,24). The van der Waals surface area contributed by atoms with Gasteiger partial charge in [-0.2, -0.15) is 0 Å². The normalized spacial score (nSPS) is 36.2. The van der Waals surface area contributed by atoms with Gasteiger partial charge in [-0.05, 0) is 83.5 Å². The van der Waals surface area contributed by atoms with Crippen LogP contribution in [0.2, 0.25) is 0 Å². The van der Waals surface area contributed by atoms with Gasteiger partial charge in [-0.3, -0.25) is 0 Å². The van der Waals surface area contributed by atoms with Crippen LogP contribution in [0.3, 0.4) is 0 Å². The Morgan fingerprint density at radius 3 is 2.52 bits per heavy atom. The van der Waals surface area contributed by atoms with Crippen molar-refractivity contribution in [3.63, 3.8) is 0 Å². The fraction of sp³-hybridized carbons (Fsp3) is 0.952. The summed E-state index contributed by atoms with van der Waals surface area (Å²) in [5.41, 5.74) is -0.426. The number of hydrogen-bond acceptors (Lipinski definition) is 3. The molecule has 1 amide bonds. The van der Waals surface area contributed by atoms with Crippen LogP contribution in [-0.4, -0.2) is 30.3 Å². The molecule has 0 radical (unpaired) electrons. The second kappa shape index (κ2) is 7.85. The van der Waals surface area contributed by atoms with Gasteiger partial charge in [0.15, 0.2) is 0 Å². The number of nitrogens with one attached hydrogen (secondary N) is 2. The molecule has 3 rings (SSSR count). The van der Waals surface area contributed by atoms with Crippen molar-refractivity contribution in [3.05, 3.63) is 0 Å². The van der Waals surface area contributed by atoms with Gasteiger partial charge in [-0.25, -0.2) is 4.79 Å². The highest BCUT2D eigenvalue weighted by molar-refractivity contribution is 5.67. The summed E-state index contributed by atoms with van der Waals surface area (Å²) in [6.07, 6.45) is 10.6. The molecule has 0 aromatic rings. The Morgan fingerprint density at radius 2 is 1.88 bits per heavy atom. The number of carbonyl (C=O) groups excluding carboxylic acids is 1. The van der Waals surface area contributed by atoms with Crippen molar-refractivity contribution in [2.24, 2.45) is 23.7 Å². The summed E-state index contributed by atoms with van der Waals surface area (Å²) < 4.78 is 5.39. The average Bonchev–Trinajstić information content (AvgIpc) is 3.15. The molecule has 2 N–H and O–H groups in total. The molecule has 4 heteroatoms. The van der Waals surface area contributed by atoms with E-state index in [4.69, 9.17) is 4.74 Å². The van der Waals surface area contributed by atoms with Crippen molar-refractivity contribution < 1.29 is 9.53 Å². The van der Waals surface area contributed by atoms with Crippen molar-refractivity contribution in [1.82, 2.24) is 10.6 Å². The molecule has 2 bridgehead atoms. The number of rotatable bonds is 5. The molecular weight excluding hydrogens is 312 g/mol. The first kappa shape index (κ1) is 19.0. The Bertz CT molecular complexity index is 459. The van der Waals surface area contributed by atoms with E-state index >= 15 is 0 Å². The van der Waals surface area contributed by atoms with Crippen molar-refractivity contribution >= 4 is 6.09 Å². The maximum Gasteiger partial charge on any atom is 0.407 e. The third kappa shape index (κ3) is 5.12. The second-order valence-corrected chi connectivity index (χ2v) is 9.83. The van der Waals surface area contributed by atoms with Crippen LogP contribution in [0.5, 0.6) is 0 Å². The predicted molar refractivity (Wildman–Crippen MR) is 102 cm³/mol. The molecule has 3 fully saturated rings. The number of ether oxygens (including phenoxy) is 1. The molecule has 6 atom stereocenters. The minimum Gasteiger partial charge on any atom is -0.444 e. The average molecular weight is 351 g/mol. The van der Waals surface area contributed by atoms with E-state index in [9.17, 15) is 4.79 Å². The highest BCUT2D eigenvalue weighted by atomic mass is 16.6. The number of hydrogen-bond donors (Lipinski definition) is 2. The maximum atomic E-state index is 12.0. The van der Waals surface area contributed by atoms with Gasteiger partial charge in [0, 0.05) is 18.6 Å². The third-order valence-electron chi connectivity index (χ3n) is 6.73. The molecule has 3 saturated carbocycles. The number of alkyl carbamates (subject to hydrolysis) is 1. The van der Waals surface area contributed by atoms with Crippen LogP contribution in [0.1, 0.15) is 79.1 Å². The van der Waals surface area contributed by atoms with Crippen molar-refractivity contribution in [3.8, 4) is 0 Å². The van der Waals surface area contributed by atoms with Gasteiger partial charge in [0.2, 0.25) is 0 Å². The summed E-state index contributed by atoms with van der Waals surface area (Å²) in [7, 11) is 0. The molecule has 0 saturated heterocycles. The van der Waals surface area contributed by atoms with Crippen LogP contribution in [0, 0.1) is 23.7 Å². The van der Waals surface area contributed by atoms with Crippen molar-refractivity contribution in [2.75, 3.05) is 6.54 Å². The van der Waals surface area contributed by atoms with Gasteiger partial charge in [-0.15, -0.1) is 0 Å². The summed E-state index contributed by atoms with van der Waals surface area (Å²) in [5.74, 6) is 3.38. The topological polar surface area (TPSA) is 50.4 Å². The van der Waals surface area contributed by atoms with Crippen molar-refractivity contribution in [2.45, 2.75) is 96.7 Å². The molecule has 144 valence electrons. The lowest BCUT2D eigenvalue weighted by Crippen LogP contribution is -2.50. The van der Waals surface area contributed by atoms with Crippen LogP contribution < -0.4 is 10.6 Å². The van der Waals surface area contributed by atoms with E-state index in [0.717, 1.165) is 24.3 Å². The molecule has 0 heterocycles. The smallest absolute Gasteiger partial charge is 0.407 e. The number of carbonyl (C=O) groups is 1. The van der Waals surface area contributed by atoms with Gasteiger partial charge in [-0.1, -0.05) is 19.3 Å². The molecule has 0 aromatic heterocycles. The monoisotopic (exact) mass is 350 g/mol. The molecule has 3 aliphatic carbocycles. The Hall–Kier alpha value is -0.770. The molecular formula is C21H38N2O2. The lowest BCUT2D eigenvalue weighted by atomic mass is 9.80. The number of fused-ring (bicyclic) bond motifs is 2. The van der Waals surface area contributed by atoms with Gasteiger partial charge in [0.1, 0.15) is 5.60 Å². The Kier molecular flexibility index (Phi) is 5.97. The first-order valence-electron chi connectivity index (χ1n) is 10.5. The molecule has 0 aromatic carbocycles. The van der Waals surface area contributed by atoms with E-state index in [1.165, 1.54) is 51.4 Å². The fourth-order valence-corrected chi connectivity index (χ4v) is 5.57. The molecule has 25 heavy (non-hydrogen) atoms. The van der Waals surface area contributed by atoms with Gasteiger partial charge in [0.05, 0.1) is 0 Å². The van der Waals surface area contributed by atoms with Crippen LogP contribution in [-0.2, 0) is 4.74 Å². The van der Waals surface area contributed by atoms with Crippen LogP contribution in [0.4, 0.5) is 4.79 Å². The third-order valence-corrected chi connectivity index (χ3v) is 6.73. The Balaban J connectivity index is 1.48. The Labute approximate surface area is 153 Å². The fourth-order valence-electron chi connectivity index (χ4n) is 5.57. The zero-order chi connectivity index (χ0) is 18.0. The molecule has 6 unspecified atom stereocenters. The first-order valence-corrected chi connectivity index (χ1v) is 10.5. The summed E-state index contributed by atoms with van der Waals surface area (Å²) in [5, 5.41) is 6.98. The van der Waals surface area contributed by atoms with Gasteiger partial charge >= 0.3 is 6.09 Å². The van der Waals surface area contributed by atoms with Gasteiger partial charge < -0.3 is 15.4 Å². The lowest BCUT2D eigenvalue weighted by Gasteiger charge is -2.38. The Morgan fingerprint density at radius 1 is 1.12 bits per heavy atom. The molecule has 0 spiro atoms. The minimum absolute atomic E-state index is 0.280. The summed E-state index contributed by atoms with van der Waals surface area (Å²) in [4.78, 5) is 12.0. The second-order valence-electron chi connectivity index (χ2n) is 9.83. The zero-order valence-corrected chi connectivity index (χ0v) is 16.6. The van der Waals surface area contributed by atoms with Gasteiger partial charge in [0.25, 0.3) is 0 Å². The minimum atomic E-state index is -0.426. The molecule has 3 aliphatic rings. The van der Waals surface area contributed by atoms with E-state index < -0.39 is 5.60 Å². The highest BCUT2D eigenvalue weighted by Crippen LogP contribution is 2.49. The molecule has 0 aliphatic heterocycles. The largest absolute Gasteiger partial charge is 0.444 e. The van der Waals surface area contributed by atoms with Crippen LogP contribution >= 0.6 is 0 Å². The summed E-state index contributed by atoms with van der Waals surface area (Å²) in [6.45, 7) is 8.87. The van der Waals surface area contributed by atoms with Crippen LogP contribution in [0.15, 0.2) is 0 Å². The zero-order valence-electron chi connectivity index (χ0n) is 16.6. The summed E-state index contributed by atoms with van der Waals surface area (Å²) in [6, 6.07) is 1.15. The van der Waals surface area contributed by atoms with Crippen molar-refractivity contribution in [1.29, 1.82) is 0 Å². The number of amides is 1. The van der Waals surface area contributed by atoms with Crippen LogP contribution in [0.25, 0.3) is 0 Å². The SMILES string of the molecule is CC(NC1CCCCC1CNC(=O)OC(C)(C)C)C1CC2CCC1C2. The first-order chi connectivity index (χ1) is 11.8. The molecule has 4 nitrogen and oxygen atoms in total. The highest BCUT2D eigenvalue weighted by Gasteiger charge is 2.42. The van der Waals surface area contributed by atoms with E-state index in [2.05, 4.69) is 17.6 Å². The van der Waals surface area contributed by atoms with E-state index in [0.29, 0.717) is 18.0 Å². The van der Waals surface area contributed by atoms with E-state index in [1.807, 2.05) is 20.8 Å². The van der Waals surface area contributed by atoms with E-state index in [-0.39, 0.29) is 6.09 Å². The predicted octanol–water partition coefficient (Wildman–Crippen LogP) is 4.48.